The number of nitrogens with one attached hydrogen (secondary N) is 2. The number of halogens is 2. The first-order valence-electron chi connectivity index (χ1n) is 9.73. The van der Waals surface area contributed by atoms with Crippen molar-refractivity contribution >= 4 is 22.1 Å². The van der Waals surface area contributed by atoms with Gasteiger partial charge in [0.15, 0.2) is 17.3 Å². The fraction of sp³-hybridized carbons (Fsp3) is 0. The average Bonchev–Trinajstić information content (AvgIpc) is 3.45. The van der Waals surface area contributed by atoms with Crippen LogP contribution < -0.4 is 0 Å². The van der Waals surface area contributed by atoms with E-state index >= 15 is 4.39 Å². The van der Waals surface area contributed by atoms with Gasteiger partial charge in [0, 0.05) is 35.3 Å². The molecule has 0 fully saturated rings. The smallest absolute Gasteiger partial charge is 0.178 e. The van der Waals surface area contributed by atoms with Crippen LogP contribution in [0.25, 0.3) is 56.0 Å². The minimum atomic E-state index is -0.540. The maximum absolute atomic E-state index is 15.5. The summed E-state index contributed by atoms with van der Waals surface area (Å²) in [6, 6.07) is 11.6. The maximum atomic E-state index is 15.5. The summed E-state index contributed by atoms with van der Waals surface area (Å²) in [4.78, 5) is 20.2. The Morgan fingerprint density at radius 3 is 2.56 bits per heavy atom. The number of pyridine rings is 3. The highest BCUT2D eigenvalue weighted by Gasteiger charge is 2.21. The second-order valence-electron chi connectivity index (χ2n) is 7.15. The van der Waals surface area contributed by atoms with E-state index in [1.165, 1.54) is 12.3 Å². The largest absolute Gasteiger partial charge is 0.335 e. The zero-order valence-corrected chi connectivity index (χ0v) is 16.3. The summed E-state index contributed by atoms with van der Waals surface area (Å²) in [5, 5.41) is 7.30. The highest BCUT2D eigenvalue weighted by Crippen LogP contribution is 2.34. The lowest BCUT2D eigenvalue weighted by Crippen LogP contribution is -1.92. The van der Waals surface area contributed by atoms with Gasteiger partial charge in [-0.1, -0.05) is 18.2 Å². The number of nitrogens with zero attached hydrogens (tertiary/aromatic N) is 5. The highest BCUT2D eigenvalue weighted by atomic mass is 19.1. The van der Waals surface area contributed by atoms with Gasteiger partial charge in [-0.15, -0.1) is 0 Å². The molecule has 0 aliphatic rings. The first kappa shape index (κ1) is 18.3. The molecule has 9 heteroatoms. The number of rotatable bonds is 3. The maximum Gasteiger partial charge on any atom is 0.178 e. The van der Waals surface area contributed by atoms with Gasteiger partial charge in [-0.3, -0.25) is 15.1 Å². The summed E-state index contributed by atoms with van der Waals surface area (Å²) in [6.45, 7) is 0. The summed E-state index contributed by atoms with van der Waals surface area (Å²) in [7, 11) is 0. The zero-order chi connectivity index (χ0) is 21.7. The minimum Gasteiger partial charge on any atom is -0.335 e. The molecule has 154 valence electrons. The number of hydrogen-bond donors (Lipinski definition) is 2. The van der Waals surface area contributed by atoms with Crippen LogP contribution in [0.15, 0.2) is 67.3 Å². The standard InChI is InChI=1S/C23H13F2N7/c24-15-6-2-1-5-13(15)14-7-9-27-22-20(14)29-23(30-22)21-17-16(31-32-21)11-28-19(18(17)25)12-4-3-8-26-10-12/h1-11H,(H,31,32)(H,27,29,30). The summed E-state index contributed by atoms with van der Waals surface area (Å²) in [5.74, 6) is -0.591. The molecule has 0 spiro atoms. The molecule has 2 N–H and O–H groups in total. The molecule has 0 saturated carbocycles. The van der Waals surface area contributed by atoms with Gasteiger partial charge in [0.25, 0.3) is 0 Å². The number of fused-ring (bicyclic) bond motifs is 2. The highest BCUT2D eigenvalue weighted by molar-refractivity contribution is 5.97. The molecule has 0 radical (unpaired) electrons. The number of aromatic nitrogens is 7. The van der Waals surface area contributed by atoms with Gasteiger partial charge in [-0.25, -0.2) is 18.7 Å². The molecule has 1 aromatic carbocycles. The number of imidazole rings is 1. The fourth-order valence-corrected chi connectivity index (χ4v) is 3.78. The van der Waals surface area contributed by atoms with Crippen molar-refractivity contribution in [2.24, 2.45) is 0 Å². The van der Waals surface area contributed by atoms with Gasteiger partial charge in [-0.2, -0.15) is 5.10 Å². The SMILES string of the molecule is Fc1ccccc1-c1ccnc2nc(-c3n[nH]c4cnc(-c5cccnc5)c(F)c34)[nH]c12. The molecule has 0 bridgehead atoms. The van der Waals surface area contributed by atoms with Crippen molar-refractivity contribution in [3.05, 3.63) is 78.9 Å². The molecule has 5 aromatic heterocycles. The molecule has 6 aromatic rings. The van der Waals surface area contributed by atoms with Crippen LogP contribution >= 0.6 is 0 Å². The molecule has 7 nitrogen and oxygen atoms in total. The van der Waals surface area contributed by atoms with E-state index in [1.807, 2.05) is 0 Å². The van der Waals surface area contributed by atoms with Crippen molar-refractivity contribution in [2.75, 3.05) is 0 Å². The normalized spacial score (nSPS) is 11.4. The molecule has 5 heterocycles. The third-order valence-corrected chi connectivity index (χ3v) is 5.26. The van der Waals surface area contributed by atoms with Gasteiger partial charge < -0.3 is 4.98 Å². The molecule has 32 heavy (non-hydrogen) atoms. The lowest BCUT2D eigenvalue weighted by molar-refractivity contribution is 0.631. The number of H-pyrrole nitrogens is 2. The van der Waals surface area contributed by atoms with E-state index in [4.69, 9.17) is 0 Å². The molecular weight excluding hydrogens is 412 g/mol. The molecule has 0 amide bonds. The second kappa shape index (κ2) is 7.02. The molecule has 6 rings (SSSR count). The molecule has 0 aliphatic heterocycles. The Kier molecular flexibility index (Phi) is 4.00. The van der Waals surface area contributed by atoms with Gasteiger partial charge >= 0.3 is 0 Å². The first-order valence-corrected chi connectivity index (χ1v) is 9.73. The van der Waals surface area contributed by atoms with E-state index in [9.17, 15) is 4.39 Å². The topological polar surface area (TPSA) is 96.0 Å². The van der Waals surface area contributed by atoms with Crippen LogP contribution in [0, 0.1) is 11.6 Å². The predicted octanol–water partition coefficient (Wildman–Crippen LogP) is 4.90. The quantitative estimate of drug-likeness (QED) is 0.420. The molecule has 0 unspecified atom stereocenters. The van der Waals surface area contributed by atoms with E-state index in [2.05, 4.69) is 35.1 Å². The average molecular weight is 425 g/mol. The monoisotopic (exact) mass is 425 g/mol. The Morgan fingerprint density at radius 2 is 1.72 bits per heavy atom. The van der Waals surface area contributed by atoms with Gasteiger partial charge in [-0.05, 0) is 24.3 Å². The van der Waals surface area contributed by atoms with Gasteiger partial charge in [0.2, 0.25) is 0 Å². The van der Waals surface area contributed by atoms with Gasteiger partial charge in [0.1, 0.15) is 17.2 Å². The van der Waals surface area contributed by atoms with Crippen molar-refractivity contribution in [2.45, 2.75) is 0 Å². The Morgan fingerprint density at radius 1 is 0.812 bits per heavy atom. The van der Waals surface area contributed by atoms with Crippen molar-refractivity contribution in [1.29, 1.82) is 0 Å². The Balaban J connectivity index is 1.56. The van der Waals surface area contributed by atoms with Crippen LogP contribution in [-0.2, 0) is 0 Å². The Labute approximate surface area is 179 Å². The second-order valence-corrected chi connectivity index (χ2v) is 7.15. The van der Waals surface area contributed by atoms with E-state index < -0.39 is 5.82 Å². The van der Waals surface area contributed by atoms with Crippen molar-refractivity contribution in [1.82, 2.24) is 35.1 Å². The lowest BCUT2D eigenvalue weighted by atomic mass is 10.1. The van der Waals surface area contributed by atoms with Crippen LogP contribution in [0.5, 0.6) is 0 Å². The third-order valence-electron chi connectivity index (χ3n) is 5.26. The molecular formula is C23H13F2N7. The number of benzene rings is 1. The third kappa shape index (κ3) is 2.75. The van der Waals surface area contributed by atoms with E-state index in [0.717, 1.165) is 0 Å². The van der Waals surface area contributed by atoms with Crippen molar-refractivity contribution in [3.63, 3.8) is 0 Å². The van der Waals surface area contributed by atoms with E-state index in [0.29, 0.717) is 39.2 Å². The Hall–Kier alpha value is -4.53. The summed E-state index contributed by atoms with van der Waals surface area (Å²) in [6.07, 6.45) is 6.23. The first-order chi connectivity index (χ1) is 15.7. The lowest BCUT2D eigenvalue weighted by Gasteiger charge is -2.04. The van der Waals surface area contributed by atoms with Crippen LogP contribution in [0.1, 0.15) is 0 Å². The summed E-state index contributed by atoms with van der Waals surface area (Å²) in [5.41, 5.74) is 3.34. The number of hydrogen-bond acceptors (Lipinski definition) is 5. The predicted molar refractivity (Wildman–Crippen MR) is 115 cm³/mol. The van der Waals surface area contributed by atoms with Crippen molar-refractivity contribution < 1.29 is 8.78 Å². The van der Waals surface area contributed by atoms with Crippen LogP contribution in [0.3, 0.4) is 0 Å². The number of aromatic amines is 2. The van der Waals surface area contributed by atoms with Crippen LogP contribution in [0.4, 0.5) is 8.78 Å². The van der Waals surface area contributed by atoms with E-state index in [-0.39, 0.29) is 22.6 Å². The Bertz CT molecular complexity index is 1610. The van der Waals surface area contributed by atoms with Gasteiger partial charge in [0.05, 0.1) is 22.6 Å². The van der Waals surface area contributed by atoms with Crippen LogP contribution in [-0.4, -0.2) is 35.1 Å². The summed E-state index contributed by atoms with van der Waals surface area (Å²) >= 11 is 0. The molecule has 0 aliphatic carbocycles. The van der Waals surface area contributed by atoms with Crippen LogP contribution in [0.2, 0.25) is 0 Å². The fourth-order valence-electron chi connectivity index (χ4n) is 3.78. The van der Waals surface area contributed by atoms with Crippen molar-refractivity contribution in [3.8, 4) is 33.9 Å². The zero-order valence-electron chi connectivity index (χ0n) is 16.3. The van der Waals surface area contributed by atoms with E-state index in [1.54, 1.807) is 55.0 Å². The summed E-state index contributed by atoms with van der Waals surface area (Å²) < 4.78 is 29.9. The molecule has 0 saturated heterocycles. The molecule has 0 atom stereocenters. The minimum absolute atomic E-state index is 0.162.